The quantitative estimate of drug-likeness (QED) is 0.534. The van der Waals surface area contributed by atoms with Gasteiger partial charge in [0.15, 0.2) is 16.2 Å². The molecule has 0 aromatic heterocycles. The highest BCUT2D eigenvalue weighted by Crippen LogP contribution is 2.29. The molecule has 0 amide bonds. The number of unbranched alkanes of at least 4 members (excludes halogenated alkanes) is 1. The van der Waals surface area contributed by atoms with Crippen LogP contribution < -0.4 is 0 Å². The van der Waals surface area contributed by atoms with E-state index in [-0.39, 0.29) is 9.84 Å². The smallest absolute Gasteiger partial charge is 0.179 e. The summed E-state index contributed by atoms with van der Waals surface area (Å²) in [5, 5.41) is 0. The maximum Gasteiger partial charge on any atom is 0.179 e. The molecule has 0 aromatic carbocycles. The van der Waals surface area contributed by atoms with E-state index in [2.05, 4.69) is 23.0 Å². The van der Waals surface area contributed by atoms with E-state index in [1.165, 1.54) is 51.5 Å². The second-order valence-corrected chi connectivity index (χ2v) is 7.23. The zero-order chi connectivity index (χ0) is 12.1. The van der Waals surface area contributed by atoms with Gasteiger partial charge in [-0.1, -0.05) is 39.5 Å². The van der Waals surface area contributed by atoms with Crippen LogP contribution in [0.2, 0.25) is 0 Å². The maximum absolute atomic E-state index is 6.07. The van der Waals surface area contributed by atoms with Gasteiger partial charge in [-0.15, -0.1) is 0 Å². The highest BCUT2D eigenvalue weighted by atomic mass is 28.2. The van der Waals surface area contributed by atoms with Gasteiger partial charge in [-0.3, -0.25) is 9.13 Å². The summed E-state index contributed by atoms with van der Waals surface area (Å²) >= 11 is 0. The SMILES string of the molecule is CCCCOC1N(CC)[SiH2]N1C1CCCCC1. The van der Waals surface area contributed by atoms with E-state index in [4.69, 9.17) is 4.74 Å². The monoisotopic (exact) mass is 256 g/mol. The Morgan fingerprint density at radius 1 is 1.18 bits per heavy atom. The average Bonchev–Trinajstić information content (AvgIpc) is 2.35. The van der Waals surface area contributed by atoms with E-state index in [9.17, 15) is 0 Å². The van der Waals surface area contributed by atoms with Gasteiger partial charge in [-0.05, 0) is 25.8 Å². The molecule has 0 N–H and O–H groups in total. The van der Waals surface area contributed by atoms with Crippen LogP contribution >= 0.6 is 0 Å². The molecular formula is C13H28N2OSi. The number of hydrogen-bond donors (Lipinski definition) is 0. The fraction of sp³-hybridized carbons (Fsp3) is 1.00. The molecule has 0 spiro atoms. The Morgan fingerprint density at radius 2 is 1.94 bits per heavy atom. The molecule has 2 rings (SSSR count). The maximum atomic E-state index is 6.07. The van der Waals surface area contributed by atoms with Crippen molar-refractivity contribution in [1.82, 2.24) is 9.13 Å². The van der Waals surface area contributed by atoms with Crippen LogP contribution in [0.5, 0.6) is 0 Å². The van der Waals surface area contributed by atoms with E-state index in [1.54, 1.807) is 0 Å². The number of ether oxygens (including phenoxy) is 1. The van der Waals surface area contributed by atoms with Crippen LogP contribution in [0.25, 0.3) is 0 Å². The molecule has 3 nitrogen and oxygen atoms in total. The molecule has 0 aromatic rings. The van der Waals surface area contributed by atoms with Crippen LogP contribution in [0, 0.1) is 0 Å². The molecule has 1 atom stereocenters. The summed E-state index contributed by atoms with van der Waals surface area (Å²) in [5.74, 6) is 0. The summed E-state index contributed by atoms with van der Waals surface area (Å²) < 4.78 is 11.4. The van der Waals surface area contributed by atoms with Gasteiger partial charge in [0.25, 0.3) is 0 Å². The molecule has 1 saturated carbocycles. The third-order valence-corrected chi connectivity index (χ3v) is 6.43. The van der Waals surface area contributed by atoms with E-state index < -0.39 is 0 Å². The van der Waals surface area contributed by atoms with Gasteiger partial charge in [0.1, 0.15) is 0 Å². The van der Waals surface area contributed by atoms with E-state index >= 15 is 0 Å². The van der Waals surface area contributed by atoms with Crippen molar-refractivity contribution in [3.05, 3.63) is 0 Å². The van der Waals surface area contributed by atoms with Crippen LogP contribution in [-0.2, 0) is 4.74 Å². The van der Waals surface area contributed by atoms with E-state index in [0.717, 1.165) is 12.6 Å². The molecule has 100 valence electrons. The van der Waals surface area contributed by atoms with Gasteiger partial charge in [-0.25, -0.2) is 0 Å². The van der Waals surface area contributed by atoms with Gasteiger partial charge < -0.3 is 4.74 Å². The van der Waals surface area contributed by atoms with Gasteiger partial charge in [0.2, 0.25) is 0 Å². The van der Waals surface area contributed by atoms with Gasteiger partial charge >= 0.3 is 0 Å². The Bertz CT molecular complexity index is 221. The zero-order valence-electron chi connectivity index (χ0n) is 11.5. The molecule has 1 aliphatic carbocycles. The molecule has 1 unspecified atom stereocenters. The Morgan fingerprint density at radius 3 is 2.59 bits per heavy atom. The van der Waals surface area contributed by atoms with Crippen LogP contribution in [0.1, 0.15) is 58.8 Å². The summed E-state index contributed by atoms with van der Waals surface area (Å²) in [6.45, 7) is 6.61. The molecule has 2 fully saturated rings. The van der Waals surface area contributed by atoms with Crippen molar-refractivity contribution < 1.29 is 4.74 Å². The molecule has 0 bridgehead atoms. The van der Waals surface area contributed by atoms with Crippen molar-refractivity contribution in [1.29, 1.82) is 0 Å². The van der Waals surface area contributed by atoms with Crippen molar-refractivity contribution in [3.8, 4) is 0 Å². The second kappa shape index (κ2) is 6.88. The normalized spacial score (nSPS) is 29.6. The lowest BCUT2D eigenvalue weighted by Gasteiger charge is -2.54. The minimum absolute atomic E-state index is 0.152. The third-order valence-electron chi connectivity index (χ3n) is 4.16. The van der Waals surface area contributed by atoms with Crippen molar-refractivity contribution in [2.24, 2.45) is 0 Å². The minimum atomic E-state index is -0.152. The number of hydrogen-bond acceptors (Lipinski definition) is 3. The molecule has 4 heteroatoms. The fourth-order valence-electron chi connectivity index (χ4n) is 2.96. The number of rotatable bonds is 6. The molecule has 1 saturated heterocycles. The first kappa shape index (κ1) is 13.5. The summed E-state index contributed by atoms with van der Waals surface area (Å²) in [6.07, 6.45) is 9.93. The highest BCUT2D eigenvalue weighted by molar-refractivity contribution is 6.32. The van der Waals surface area contributed by atoms with Crippen molar-refractivity contribution in [3.63, 3.8) is 0 Å². The molecule has 1 aliphatic heterocycles. The molecular weight excluding hydrogens is 228 g/mol. The Hall–Kier alpha value is 0.0969. The van der Waals surface area contributed by atoms with Crippen molar-refractivity contribution in [2.45, 2.75) is 71.2 Å². The first-order valence-corrected chi connectivity index (χ1v) is 8.74. The van der Waals surface area contributed by atoms with Crippen LogP contribution in [0.15, 0.2) is 0 Å². The topological polar surface area (TPSA) is 15.7 Å². The predicted molar refractivity (Wildman–Crippen MR) is 74.3 cm³/mol. The highest BCUT2D eigenvalue weighted by Gasteiger charge is 2.40. The summed E-state index contributed by atoms with van der Waals surface area (Å²) in [7, 11) is -0.152. The van der Waals surface area contributed by atoms with E-state index in [0.29, 0.717) is 6.35 Å². The lowest BCUT2D eigenvalue weighted by atomic mass is 9.95. The summed E-state index contributed by atoms with van der Waals surface area (Å²) in [6, 6.07) is 0.852. The van der Waals surface area contributed by atoms with Crippen molar-refractivity contribution >= 4 is 9.84 Å². The van der Waals surface area contributed by atoms with Crippen LogP contribution in [0.3, 0.4) is 0 Å². The Kier molecular flexibility index (Phi) is 5.47. The summed E-state index contributed by atoms with van der Waals surface area (Å²) in [5.41, 5.74) is 0. The predicted octanol–water partition coefficient (Wildman–Crippen LogP) is 2.06. The third kappa shape index (κ3) is 3.31. The first-order chi connectivity index (χ1) is 8.36. The molecule has 1 heterocycles. The molecule has 17 heavy (non-hydrogen) atoms. The average molecular weight is 256 g/mol. The van der Waals surface area contributed by atoms with Crippen molar-refractivity contribution in [2.75, 3.05) is 13.2 Å². The Balaban J connectivity index is 1.80. The lowest BCUT2D eigenvalue weighted by molar-refractivity contribution is -0.150. The largest absolute Gasteiger partial charge is 0.351 e. The fourth-order valence-corrected chi connectivity index (χ4v) is 4.80. The van der Waals surface area contributed by atoms with Crippen LogP contribution in [0.4, 0.5) is 0 Å². The van der Waals surface area contributed by atoms with E-state index in [1.807, 2.05) is 0 Å². The lowest BCUT2D eigenvalue weighted by Crippen LogP contribution is -2.70. The zero-order valence-corrected chi connectivity index (χ0v) is 12.9. The van der Waals surface area contributed by atoms with Gasteiger partial charge in [0, 0.05) is 6.04 Å². The first-order valence-electron chi connectivity index (χ1n) is 7.48. The number of nitrogens with zero attached hydrogens (tertiary/aromatic N) is 2. The standard InChI is InChI=1S/C13H28N2OSi/c1-3-5-11-16-13-14(4-2)17-15(13)12-9-7-6-8-10-12/h12-13H,3-11,17H2,1-2H3. The Labute approximate surface area is 108 Å². The molecule has 0 radical (unpaired) electrons. The second-order valence-electron chi connectivity index (χ2n) is 5.40. The molecule has 2 aliphatic rings. The minimum Gasteiger partial charge on any atom is -0.351 e. The summed E-state index contributed by atoms with van der Waals surface area (Å²) in [4.78, 5) is 0. The van der Waals surface area contributed by atoms with Gasteiger partial charge in [-0.2, -0.15) is 0 Å². The van der Waals surface area contributed by atoms with Crippen LogP contribution in [-0.4, -0.2) is 44.5 Å². The van der Waals surface area contributed by atoms with Gasteiger partial charge in [0.05, 0.1) is 6.61 Å².